The molecule has 0 saturated carbocycles. The van der Waals surface area contributed by atoms with Gasteiger partial charge in [-0.15, -0.1) is 0 Å². The van der Waals surface area contributed by atoms with Gasteiger partial charge in [0.25, 0.3) is 10.0 Å². The summed E-state index contributed by atoms with van der Waals surface area (Å²) in [5.41, 5.74) is 2.75. The first-order valence-electron chi connectivity index (χ1n) is 14.6. The van der Waals surface area contributed by atoms with Crippen molar-refractivity contribution in [3.05, 3.63) is 131 Å². The minimum Gasteiger partial charge on any atom is -0.352 e. The topological polar surface area (TPSA) is 86.8 Å². The summed E-state index contributed by atoms with van der Waals surface area (Å²) in [4.78, 5) is 29.9. The second kappa shape index (κ2) is 15.0. The van der Waals surface area contributed by atoms with Crippen molar-refractivity contribution in [2.45, 2.75) is 57.1 Å². The molecule has 2 unspecified atom stereocenters. The fourth-order valence-electron chi connectivity index (χ4n) is 4.77. The Hall–Kier alpha value is -4.14. The van der Waals surface area contributed by atoms with Crippen LogP contribution in [-0.4, -0.2) is 43.8 Å². The number of halogens is 1. The average Bonchev–Trinajstić information content (AvgIpc) is 3.03. The number of sulfonamides is 1. The first-order valence-corrected chi connectivity index (χ1v) is 16.4. The minimum atomic E-state index is -4.15. The van der Waals surface area contributed by atoms with Crippen LogP contribution in [0.4, 0.5) is 5.69 Å². The zero-order chi connectivity index (χ0) is 31.7. The number of aryl methyl sites for hydroxylation is 1. The van der Waals surface area contributed by atoms with Crippen molar-refractivity contribution in [3.63, 3.8) is 0 Å². The van der Waals surface area contributed by atoms with Crippen molar-refractivity contribution in [1.82, 2.24) is 10.2 Å². The highest BCUT2D eigenvalue weighted by molar-refractivity contribution is 7.92. The molecule has 0 aliphatic rings. The molecule has 4 rings (SSSR count). The van der Waals surface area contributed by atoms with E-state index in [9.17, 15) is 18.0 Å². The number of anilines is 1. The number of carbonyl (C=O) groups is 2. The Kier molecular flexibility index (Phi) is 11.2. The third kappa shape index (κ3) is 8.27. The van der Waals surface area contributed by atoms with E-state index in [1.807, 2.05) is 57.2 Å². The molecule has 2 amide bonds. The highest BCUT2D eigenvalue weighted by atomic mass is 35.5. The van der Waals surface area contributed by atoms with Crippen molar-refractivity contribution in [3.8, 4) is 0 Å². The summed E-state index contributed by atoms with van der Waals surface area (Å²) in [5.74, 6) is -0.860. The van der Waals surface area contributed by atoms with E-state index >= 15 is 0 Å². The van der Waals surface area contributed by atoms with Crippen molar-refractivity contribution >= 4 is 39.1 Å². The Morgan fingerprint density at radius 2 is 1.43 bits per heavy atom. The van der Waals surface area contributed by atoms with Gasteiger partial charge >= 0.3 is 0 Å². The average molecular weight is 632 g/mol. The highest BCUT2D eigenvalue weighted by Crippen LogP contribution is 2.26. The van der Waals surface area contributed by atoms with Crippen LogP contribution in [-0.2, 0) is 32.6 Å². The number of hydrogen-bond acceptors (Lipinski definition) is 4. The zero-order valence-electron chi connectivity index (χ0n) is 25.2. The Labute approximate surface area is 265 Å². The fraction of sp³-hybridized carbons (Fsp3) is 0.257. The van der Waals surface area contributed by atoms with Crippen LogP contribution in [0.3, 0.4) is 0 Å². The van der Waals surface area contributed by atoms with E-state index in [1.165, 1.54) is 17.0 Å². The number of nitrogens with zero attached hydrogens (tertiary/aromatic N) is 2. The lowest BCUT2D eigenvalue weighted by Gasteiger charge is -2.34. The van der Waals surface area contributed by atoms with Gasteiger partial charge in [-0.05, 0) is 61.7 Å². The third-order valence-corrected chi connectivity index (χ3v) is 9.66. The lowest BCUT2D eigenvalue weighted by Crippen LogP contribution is -2.54. The second-order valence-electron chi connectivity index (χ2n) is 10.8. The van der Waals surface area contributed by atoms with Gasteiger partial charge in [-0.1, -0.05) is 103 Å². The summed E-state index contributed by atoms with van der Waals surface area (Å²) in [7, 11) is -4.15. The molecule has 0 heterocycles. The molecule has 7 nitrogen and oxygen atoms in total. The fourth-order valence-corrected chi connectivity index (χ4v) is 6.38. The molecule has 2 atom stereocenters. The summed E-state index contributed by atoms with van der Waals surface area (Å²) >= 11 is 6.55. The molecule has 0 bridgehead atoms. The van der Waals surface area contributed by atoms with Gasteiger partial charge in [-0.2, -0.15) is 0 Å². The first-order chi connectivity index (χ1) is 21.1. The maximum Gasteiger partial charge on any atom is 0.264 e. The largest absolute Gasteiger partial charge is 0.352 e. The molecule has 0 radical (unpaired) electrons. The first kappa shape index (κ1) is 32.8. The van der Waals surface area contributed by atoms with Crippen LogP contribution in [0.15, 0.2) is 114 Å². The smallest absolute Gasteiger partial charge is 0.264 e. The molecular formula is C35H38ClN3O4S. The number of hydrogen-bond donors (Lipinski definition) is 1. The van der Waals surface area contributed by atoms with E-state index in [-0.39, 0.29) is 29.8 Å². The molecule has 0 aromatic heterocycles. The van der Waals surface area contributed by atoms with E-state index in [2.05, 4.69) is 5.32 Å². The molecule has 0 fully saturated rings. The van der Waals surface area contributed by atoms with E-state index in [1.54, 1.807) is 60.7 Å². The van der Waals surface area contributed by atoms with Crippen molar-refractivity contribution in [2.24, 2.45) is 0 Å². The zero-order valence-corrected chi connectivity index (χ0v) is 26.8. The van der Waals surface area contributed by atoms with Crippen LogP contribution < -0.4 is 9.62 Å². The molecular weight excluding hydrogens is 594 g/mol. The summed E-state index contributed by atoms with van der Waals surface area (Å²) in [6.07, 6.45) is 0.939. The number of para-hydroxylation sites is 1. The highest BCUT2D eigenvalue weighted by Gasteiger charge is 2.35. The quantitative estimate of drug-likeness (QED) is 0.185. The molecule has 0 spiro atoms. The lowest BCUT2D eigenvalue weighted by atomic mass is 10.0. The molecule has 4 aromatic rings. The van der Waals surface area contributed by atoms with Gasteiger partial charge in [0, 0.05) is 24.0 Å². The Morgan fingerprint density at radius 3 is 2.05 bits per heavy atom. The van der Waals surface area contributed by atoms with Crippen LogP contribution in [0.25, 0.3) is 0 Å². The van der Waals surface area contributed by atoms with Gasteiger partial charge in [-0.3, -0.25) is 13.9 Å². The van der Waals surface area contributed by atoms with Gasteiger partial charge in [0.2, 0.25) is 11.8 Å². The number of amides is 2. The Balaban J connectivity index is 1.80. The van der Waals surface area contributed by atoms with Gasteiger partial charge < -0.3 is 10.2 Å². The van der Waals surface area contributed by atoms with Crippen LogP contribution in [0.5, 0.6) is 0 Å². The monoisotopic (exact) mass is 631 g/mol. The number of carbonyl (C=O) groups excluding carboxylic acids is 2. The third-order valence-electron chi connectivity index (χ3n) is 7.50. The SMILES string of the molecule is CCC(C)NC(=O)C(Cc1ccccc1)N(Cc1ccccc1Cl)C(=O)CN(c1ccccc1)S(=O)(=O)c1ccc(C)cc1. The summed E-state index contributed by atoms with van der Waals surface area (Å²) in [6.45, 7) is 5.24. The van der Waals surface area contributed by atoms with Gasteiger partial charge in [0.1, 0.15) is 12.6 Å². The van der Waals surface area contributed by atoms with Gasteiger partial charge in [0.15, 0.2) is 0 Å². The van der Waals surface area contributed by atoms with Crippen molar-refractivity contribution in [1.29, 1.82) is 0 Å². The van der Waals surface area contributed by atoms with Crippen LogP contribution in [0, 0.1) is 6.92 Å². The number of nitrogens with one attached hydrogen (secondary N) is 1. The number of benzene rings is 4. The van der Waals surface area contributed by atoms with E-state index in [0.717, 1.165) is 15.4 Å². The Bertz CT molecular complexity index is 1650. The molecule has 230 valence electrons. The summed E-state index contributed by atoms with van der Waals surface area (Å²) in [6, 6.07) is 30.5. The van der Waals surface area contributed by atoms with Crippen LogP contribution in [0.2, 0.25) is 5.02 Å². The van der Waals surface area contributed by atoms with Crippen LogP contribution in [0.1, 0.15) is 37.0 Å². The van der Waals surface area contributed by atoms with Crippen molar-refractivity contribution in [2.75, 3.05) is 10.8 Å². The standard InChI is InChI=1S/C35H38ClN3O4S/c1-4-27(3)37-35(41)33(23-28-13-7-5-8-14-28)38(24-29-15-11-12-18-32(29)36)34(40)25-39(30-16-9-6-10-17-30)44(42,43)31-21-19-26(2)20-22-31/h5-22,27,33H,4,23-25H2,1-3H3,(H,37,41). The lowest BCUT2D eigenvalue weighted by molar-refractivity contribution is -0.140. The molecule has 0 saturated heterocycles. The van der Waals surface area contributed by atoms with E-state index in [4.69, 9.17) is 11.6 Å². The van der Waals surface area contributed by atoms with Crippen molar-refractivity contribution < 1.29 is 18.0 Å². The number of rotatable bonds is 13. The predicted molar refractivity (Wildman–Crippen MR) is 176 cm³/mol. The normalized spacial score (nSPS) is 12.6. The maximum absolute atomic E-state index is 14.5. The minimum absolute atomic E-state index is 0.0111. The summed E-state index contributed by atoms with van der Waals surface area (Å²) < 4.78 is 29.2. The molecule has 44 heavy (non-hydrogen) atoms. The van der Waals surface area contributed by atoms with E-state index < -0.39 is 28.5 Å². The molecule has 0 aliphatic heterocycles. The summed E-state index contributed by atoms with van der Waals surface area (Å²) in [5, 5.41) is 3.48. The predicted octanol–water partition coefficient (Wildman–Crippen LogP) is 6.40. The van der Waals surface area contributed by atoms with Gasteiger partial charge in [0.05, 0.1) is 10.6 Å². The molecule has 0 aliphatic carbocycles. The maximum atomic E-state index is 14.5. The molecule has 4 aromatic carbocycles. The second-order valence-corrected chi connectivity index (χ2v) is 13.1. The van der Waals surface area contributed by atoms with Gasteiger partial charge in [-0.25, -0.2) is 8.42 Å². The van der Waals surface area contributed by atoms with E-state index in [0.29, 0.717) is 22.7 Å². The van der Waals surface area contributed by atoms with Crippen LogP contribution >= 0.6 is 11.6 Å². The molecule has 1 N–H and O–H groups in total. The Morgan fingerprint density at radius 1 is 0.841 bits per heavy atom. The molecule has 9 heteroatoms.